The summed E-state index contributed by atoms with van der Waals surface area (Å²) in [6.07, 6.45) is 6.59. The first-order valence-electron chi connectivity index (χ1n) is 9.94. The van der Waals surface area contributed by atoms with Crippen LogP contribution in [0.15, 0.2) is 60.6 Å². The Hall–Kier alpha value is -3.28. The molecule has 3 atom stereocenters. The van der Waals surface area contributed by atoms with Gasteiger partial charge in [-0.25, -0.2) is 0 Å². The molecule has 2 aliphatic rings. The van der Waals surface area contributed by atoms with Gasteiger partial charge < -0.3 is 5.11 Å². The van der Waals surface area contributed by atoms with Crippen LogP contribution in [-0.2, 0) is 16.6 Å². The normalized spacial score (nSPS) is 27.5. The number of fused-ring (bicyclic) bond motifs is 3. The van der Waals surface area contributed by atoms with E-state index in [9.17, 15) is 9.90 Å². The first-order valence-corrected chi connectivity index (χ1v) is 9.94. The van der Waals surface area contributed by atoms with Gasteiger partial charge in [0.1, 0.15) is 0 Å². The second-order valence-electron chi connectivity index (χ2n) is 8.02. The lowest BCUT2D eigenvalue weighted by atomic mass is 9.52. The summed E-state index contributed by atoms with van der Waals surface area (Å²) in [6.45, 7) is 1.98. The number of benzene rings is 1. The van der Waals surface area contributed by atoms with Crippen molar-refractivity contribution in [2.75, 3.05) is 0 Å². The van der Waals surface area contributed by atoms with E-state index in [1.54, 1.807) is 12.4 Å². The number of carbonyl (C=O) groups is 1. The molecule has 6 heteroatoms. The Labute approximate surface area is 168 Å². The lowest BCUT2D eigenvalue weighted by Gasteiger charge is -2.49. The molecule has 2 heterocycles. The summed E-state index contributed by atoms with van der Waals surface area (Å²) < 4.78 is 0. The number of rotatable bonds is 2. The molecule has 0 unspecified atom stereocenters. The quantitative estimate of drug-likeness (QED) is 0.517. The van der Waals surface area contributed by atoms with E-state index in [0.29, 0.717) is 12.0 Å². The molecule has 2 aromatic heterocycles. The van der Waals surface area contributed by atoms with Crippen LogP contribution >= 0.6 is 0 Å². The number of hydrogen-bond acceptors (Lipinski definition) is 5. The van der Waals surface area contributed by atoms with E-state index in [2.05, 4.69) is 27.4 Å². The zero-order valence-corrected chi connectivity index (χ0v) is 16.2. The fourth-order valence-electron chi connectivity index (χ4n) is 5.43. The first kappa shape index (κ1) is 17.8. The predicted molar refractivity (Wildman–Crippen MR) is 108 cm³/mol. The number of Topliss-reactive ketones (excluding diaryl/α,β-unsaturated/α-hetero) is 1. The Morgan fingerprint density at radius 1 is 1.21 bits per heavy atom. The summed E-state index contributed by atoms with van der Waals surface area (Å²) in [5.74, 6) is -0.0137. The molecule has 3 aromatic rings. The molecule has 146 valence electrons. The maximum Gasteiger partial charge on any atom is 0.165 e. The van der Waals surface area contributed by atoms with Crippen LogP contribution in [0.1, 0.15) is 36.6 Å². The van der Waals surface area contributed by atoms with E-state index >= 15 is 0 Å². The number of nitrogens with one attached hydrogen (secondary N) is 1. The van der Waals surface area contributed by atoms with Crippen LogP contribution in [0.4, 0.5) is 0 Å². The van der Waals surface area contributed by atoms with Crippen molar-refractivity contribution in [3.8, 4) is 11.3 Å². The Bertz CT molecular complexity index is 1090. The predicted octanol–water partition coefficient (Wildman–Crippen LogP) is 3.77. The third-order valence-corrected chi connectivity index (χ3v) is 6.75. The van der Waals surface area contributed by atoms with Crippen molar-refractivity contribution in [1.82, 2.24) is 20.4 Å². The molecule has 1 saturated carbocycles. The smallest absolute Gasteiger partial charge is 0.165 e. The van der Waals surface area contributed by atoms with Crippen molar-refractivity contribution >= 4 is 5.78 Å². The Kier molecular flexibility index (Phi) is 4.08. The van der Waals surface area contributed by atoms with Crippen LogP contribution in [0.2, 0.25) is 0 Å². The number of hydrogen-bond donors (Lipinski definition) is 2. The molecule has 29 heavy (non-hydrogen) atoms. The number of nitrogens with zero attached hydrogens (tertiary/aromatic N) is 3. The van der Waals surface area contributed by atoms with E-state index in [-0.39, 0.29) is 17.6 Å². The third-order valence-electron chi connectivity index (χ3n) is 6.75. The average molecular weight is 386 g/mol. The molecule has 2 N–H and O–H groups in total. The van der Waals surface area contributed by atoms with Gasteiger partial charge in [0, 0.05) is 28.0 Å². The molecular weight excluding hydrogens is 364 g/mol. The van der Waals surface area contributed by atoms with Crippen molar-refractivity contribution in [3.63, 3.8) is 0 Å². The molecule has 5 rings (SSSR count). The number of aliphatic hydroxyl groups is 1. The highest BCUT2D eigenvalue weighted by Crippen LogP contribution is 2.56. The van der Waals surface area contributed by atoms with E-state index in [0.717, 1.165) is 47.2 Å². The van der Waals surface area contributed by atoms with Crippen LogP contribution in [0.3, 0.4) is 0 Å². The monoisotopic (exact) mass is 386 g/mol. The second-order valence-corrected chi connectivity index (χ2v) is 8.02. The molecule has 0 radical (unpaired) electrons. The zero-order chi connectivity index (χ0) is 20.0. The van der Waals surface area contributed by atoms with Crippen LogP contribution in [-0.4, -0.2) is 31.3 Å². The number of allylic oxidation sites excluding steroid dienone is 1. The number of aliphatic hydroxyl groups excluding tert-OH is 1. The van der Waals surface area contributed by atoms with Gasteiger partial charge in [0.05, 0.1) is 30.0 Å². The average Bonchev–Trinajstić information content (AvgIpc) is 3.22. The fourth-order valence-corrected chi connectivity index (χ4v) is 5.43. The molecule has 2 aliphatic carbocycles. The van der Waals surface area contributed by atoms with E-state index in [4.69, 9.17) is 5.10 Å². The minimum Gasteiger partial charge on any atom is -0.515 e. The summed E-state index contributed by atoms with van der Waals surface area (Å²) in [7, 11) is 0. The third kappa shape index (κ3) is 2.48. The molecule has 0 saturated heterocycles. The van der Waals surface area contributed by atoms with Crippen molar-refractivity contribution < 1.29 is 9.90 Å². The summed E-state index contributed by atoms with van der Waals surface area (Å²) in [5, 5.41) is 25.8. The lowest BCUT2D eigenvalue weighted by Crippen LogP contribution is -2.50. The highest BCUT2D eigenvalue weighted by atomic mass is 16.2. The Morgan fingerprint density at radius 3 is 2.76 bits per heavy atom. The largest absolute Gasteiger partial charge is 0.515 e. The standard InChI is InChI=1S/C23H22N4O2/c1-14-19-8-7-18-20(15-9-10-24-25-12-15)26-27-22(18)23(19,11-16(13-28)21(14)29)17-5-3-2-4-6-17/h2-6,9-10,12-14,19,28H,7-8,11H2,1H3,(H,26,27)/t14-,19-,23+/m0/s1. The van der Waals surface area contributed by atoms with Crippen molar-refractivity contribution in [1.29, 1.82) is 0 Å². The van der Waals surface area contributed by atoms with Gasteiger partial charge in [-0.2, -0.15) is 15.3 Å². The van der Waals surface area contributed by atoms with Gasteiger partial charge in [0.15, 0.2) is 5.78 Å². The minimum absolute atomic E-state index is 0.0431. The lowest BCUT2D eigenvalue weighted by molar-refractivity contribution is -0.123. The van der Waals surface area contributed by atoms with Gasteiger partial charge in [0.25, 0.3) is 0 Å². The van der Waals surface area contributed by atoms with Crippen LogP contribution in [0.25, 0.3) is 11.3 Å². The Morgan fingerprint density at radius 2 is 2.03 bits per heavy atom. The van der Waals surface area contributed by atoms with Gasteiger partial charge in [-0.15, -0.1) is 0 Å². The van der Waals surface area contributed by atoms with E-state index < -0.39 is 5.41 Å². The van der Waals surface area contributed by atoms with E-state index in [1.807, 2.05) is 31.2 Å². The molecule has 6 nitrogen and oxygen atoms in total. The summed E-state index contributed by atoms with van der Waals surface area (Å²) in [6, 6.07) is 12.2. The summed E-state index contributed by atoms with van der Waals surface area (Å²) >= 11 is 0. The maximum absolute atomic E-state index is 12.9. The van der Waals surface area contributed by atoms with Crippen molar-refractivity contribution in [3.05, 3.63) is 77.4 Å². The van der Waals surface area contributed by atoms with Gasteiger partial charge in [-0.1, -0.05) is 37.3 Å². The summed E-state index contributed by atoms with van der Waals surface area (Å²) in [5.41, 5.74) is 5.21. The molecule has 1 aromatic carbocycles. The molecule has 0 amide bonds. The fraction of sp³-hybridized carbons (Fsp3) is 0.304. The van der Waals surface area contributed by atoms with Gasteiger partial charge in [-0.3, -0.25) is 9.89 Å². The van der Waals surface area contributed by atoms with Crippen LogP contribution < -0.4 is 0 Å². The molecule has 0 bridgehead atoms. The number of aromatic amines is 1. The number of H-pyrrole nitrogens is 1. The van der Waals surface area contributed by atoms with Gasteiger partial charge in [0.2, 0.25) is 0 Å². The molecule has 1 fully saturated rings. The SMILES string of the molecule is C[C@@H]1C(=O)C(=CO)C[C@]2(c3ccccc3)c3n[nH]c(-c4ccnnc4)c3CC[C@@H]12. The van der Waals surface area contributed by atoms with Gasteiger partial charge in [-0.05, 0) is 36.8 Å². The highest BCUT2D eigenvalue weighted by molar-refractivity contribution is 5.98. The number of aromatic nitrogens is 4. The molecule has 0 aliphatic heterocycles. The van der Waals surface area contributed by atoms with E-state index in [1.165, 1.54) is 0 Å². The second kappa shape index (κ2) is 6.65. The Balaban J connectivity index is 1.77. The van der Waals surface area contributed by atoms with Crippen LogP contribution in [0, 0.1) is 11.8 Å². The van der Waals surface area contributed by atoms with Crippen molar-refractivity contribution in [2.45, 2.75) is 31.6 Å². The minimum atomic E-state index is -0.452. The topological polar surface area (TPSA) is 91.8 Å². The highest BCUT2D eigenvalue weighted by Gasteiger charge is 2.55. The maximum atomic E-state index is 12.9. The summed E-state index contributed by atoms with van der Waals surface area (Å²) in [4.78, 5) is 12.9. The van der Waals surface area contributed by atoms with Crippen LogP contribution in [0.5, 0.6) is 0 Å². The molecule has 0 spiro atoms. The first-order chi connectivity index (χ1) is 14.2. The number of ketones is 1. The van der Waals surface area contributed by atoms with Gasteiger partial charge >= 0.3 is 0 Å². The molecular formula is C23H22N4O2. The van der Waals surface area contributed by atoms with Crippen molar-refractivity contribution in [2.24, 2.45) is 11.8 Å². The zero-order valence-electron chi connectivity index (χ0n) is 16.2. The number of carbonyl (C=O) groups excluding carboxylic acids is 1.